The van der Waals surface area contributed by atoms with Gasteiger partial charge in [0.05, 0.1) is 4.92 Å². The summed E-state index contributed by atoms with van der Waals surface area (Å²) in [5.41, 5.74) is -2.61. The molecule has 6 atom stereocenters. The second kappa shape index (κ2) is 8.85. The van der Waals surface area contributed by atoms with Gasteiger partial charge in [-0.3, -0.25) is 19.7 Å². The number of nitro groups is 1. The third-order valence-corrected chi connectivity index (χ3v) is 9.05. The molecule has 0 unspecified atom stereocenters. The Labute approximate surface area is 219 Å². The fourth-order valence-corrected chi connectivity index (χ4v) is 7.34. The van der Waals surface area contributed by atoms with Crippen LogP contribution in [0.1, 0.15) is 38.7 Å². The molecule has 5 rings (SSSR count). The summed E-state index contributed by atoms with van der Waals surface area (Å²) in [6.07, 6.45) is 7.79. The zero-order chi connectivity index (χ0) is 27.5. The Morgan fingerprint density at radius 3 is 2.74 bits per heavy atom. The first kappa shape index (κ1) is 25.8. The lowest BCUT2D eigenvalue weighted by atomic mass is 9.46. The fraction of sp³-hybridized carbons (Fsp3) is 0.448. The van der Waals surface area contributed by atoms with Crippen LogP contribution in [0.4, 0.5) is 5.69 Å². The van der Waals surface area contributed by atoms with Crippen LogP contribution in [0.25, 0.3) is 6.08 Å². The number of ether oxygens (including phenoxy) is 2. The maximum atomic E-state index is 13.8. The van der Waals surface area contributed by atoms with Gasteiger partial charge >= 0.3 is 11.9 Å². The van der Waals surface area contributed by atoms with Gasteiger partial charge in [0, 0.05) is 35.5 Å². The van der Waals surface area contributed by atoms with E-state index in [2.05, 4.69) is 6.58 Å². The van der Waals surface area contributed by atoms with Crippen molar-refractivity contribution in [2.45, 2.75) is 39.2 Å². The van der Waals surface area contributed by atoms with Gasteiger partial charge in [0.25, 0.3) is 5.69 Å². The number of esters is 2. The molecule has 4 aliphatic rings. The van der Waals surface area contributed by atoms with Gasteiger partial charge in [0.2, 0.25) is 0 Å². The molecule has 0 N–H and O–H groups in total. The van der Waals surface area contributed by atoms with Gasteiger partial charge in [-0.05, 0) is 47.8 Å². The first-order chi connectivity index (χ1) is 18.0. The number of cyclic esters (lactones) is 1. The molecule has 1 aromatic rings. The summed E-state index contributed by atoms with van der Waals surface area (Å²) in [6.45, 7) is 7.90. The minimum Gasteiger partial charge on any atom is -0.464 e. The van der Waals surface area contributed by atoms with E-state index in [9.17, 15) is 29.3 Å². The maximum Gasteiger partial charge on any atom is 0.331 e. The second-order valence-electron chi connectivity index (χ2n) is 11.4. The molecule has 2 spiro atoms. The maximum absolute atomic E-state index is 13.8. The lowest BCUT2D eigenvalue weighted by Gasteiger charge is -2.58. The summed E-state index contributed by atoms with van der Waals surface area (Å²) >= 11 is 0. The van der Waals surface area contributed by atoms with E-state index in [4.69, 9.17) is 9.47 Å². The van der Waals surface area contributed by atoms with E-state index in [-0.39, 0.29) is 17.9 Å². The molecule has 38 heavy (non-hydrogen) atoms. The Morgan fingerprint density at radius 1 is 1.26 bits per heavy atom. The largest absolute Gasteiger partial charge is 0.464 e. The smallest absolute Gasteiger partial charge is 0.331 e. The Balaban J connectivity index is 1.52. The fourth-order valence-electron chi connectivity index (χ4n) is 7.34. The summed E-state index contributed by atoms with van der Waals surface area (Å²) in [4.78, 5) is 63.4. The highest BCUT2D eigenvalue weighted by Crippen LogP contribution is 2.67. The quantitative estimate of drug-likeness (QED) is 0.108. The minimum absolute atomic E-state index is 0.0284. The van der Waals surface area contributed by atoms with E-state index >= 15 is 0 Å². The number of non-ortho nitro benzene ring substituents is 1. The number of allylic oxidation sites excluding steroid dienone is 1. The van der Waals surface area contributed by atoms with Crippen molar-refractivity contribution in [2.24, 2.45) is 34.0 Å². The number of hydrogen-bond acceptors (Lipinski definition) is 8. The zero-order valence-electron chi connectivity index (χ0n) is 21.3. The van der Waals surface area contributed by atoms with Gasteiger partial charge in [-0.2, -0.15) is 0 Å². The number of hydrogen-bond donors (Lipinski definition) is 0. The lowest BCUT2D eigenvalue weighted by molar-refractivity contribution is -0.384. The summed E-state index contributed by atoms with van der Waals surface area (Å²) in [7, 11) is 0. The highest BCUT2D eigenvalue weighted by atomic mass is 16.6. The van der Waals surface area contributed by atoms with Gasteiger partial charge < -0.3 is 14.3 Å². The van der Waals surface area contributed by atoms with Crippen molar-refractivity contribution in [3.05, 3.63) is 70.3 Å². The van der Waals surface area contributed by atoms with Crippen molar-refractivity contribution < 1.29 is 33.6 Å². The van der Waals surface area contributed by atoms with Crippen molar-refractivity contribution >= 4 is 35.8 Å². The molecule has 9 heteroatoms. The SMILES string of the molecule is C=C1C(=O)[C@@]23C(=O)OC[C@]4(C=CCC(C)(C)[C@H]4C=O)[C@@H]2CC[C@@H]1[C@H]3OC(=O)/C=C/c1cccc([N+](=O)[O-])c1. The molecule has 0 aromatic heterocycles. The van der Waals surface area contributed by atoms with Crippen molar-refractivity contribution in [1.29, 1.82) is 0 Å². The molecule has 1 saturated heterocycles. The van der Waals surface area contributed by atoms with E-state index in [1.165, 1.54) is 24.3 Å². The predicted octanol–water partition coefficient (Wildman–Crippen LogP) is 4.02. The predicted molar refractivity (Wildman–Crippen MR) is 135 cm³/mol. The Kier molecular flexibility index (Phi) is 6.00. The van der Waals surface area contributed by atoms with Gasteiger partial charge in [-0.15, -0.1) is 0 Å². The van der Waals surface area contributed by atoms with E-state index < -0.39 is 62.7 Å². The number of fused-ring (bicyclic) bond motifs is 2. The third-order valence-electron chi connectivity index (χ3n) is 9.05. The standard InChI is InChI=1S/C29H29NO8/c1-17-20-9-10-21-28(13-5-12-27(2,3)22(28)15-31)16-37-26(34)29(21,24(17)33)25(20)38-23(32)11-8-18-6-4-7-19(14-18)30(35)36/h4-8,11,13-15,20-22,25H,1,9-10,12,16H2,2-3H3/b11-8+/t20-,21-,22+,25+,28+,29-/m0/s1. The average molecular weight is 520 g/mol. The van der Waals surface area contributed by atoms with Crippen LogP contribution in [0, 0.1) is 44.1 Å². The van der Waals surface area contributed by atoms with Crippen LogP contribution in [-0.2, 0) is 28.7 Å². The van der Waals surface area contributed by atoms with Crippen LogP contribution in [0.5, 0.6) is 0 Å². The van der Waals surface area contributed by atoms with Crippen molar-refractivity contribution in [3.8, 4) is 0 Å². The molecule has 3 aliphatic carbocycles. The van der Waals surface area contributed by atoms with Crippen LogP contribution in [0.2, 0.25) is 0 Å². The normalized spacial score (nSPS) is 35.2. The average Bonchev–Trinajstić information content (AvgIpc) is 2.99. The molecule has 2 saturated carbocycles. The second-order valence-corrected chi connectivity index (χ2v) is 11.4. The van der Waals surface area contributed by atoms with Crippen LogP contribution in [0.15, 0.2) is 54.6 Å². The first-order valence-electron chi connectivity index (χ1n) is 12.7. The van der Waals surface area contributed by atoms with Crippen LogP contribution in [-0.4, -0.2) is 41.6 Å². The van der Waals surface area contributed by atoms with Crippen molar-refractivity contribution in [3.63, 3.8) is 0 Å². The summed E-state index contributed by atoms with van der Waals surface area (Å²) in [5.74, 6) is -3.71. The van der Waals surface area contributed by atoms with E-state index in [0.29, 0.717) is 24.8 Å². The number of Topliss-reactive ketones (excluding diaryl/α,β-unsaturated/α-hetero) is 1. The third kappa shape index (κ3) is 3.51. The van der Waals surface area contributed by atoms with E-state index in [0.717, 1.165) is 12.4 Å². The summed E-state index contributed by atoms with van der Waals surface area (Å²) in [5, 5.41) is 11.1. The monoisotopic (exact) mass is 519 g/mol. The highest BCUT2D eigenvalue weighted by molar-refractivity contribution is 6.16. The molecule has 1 heterocycles. The number of ketones is 1. The Hall–Kier alpha value is -3.88. The number of benzene rings is 1. The number of nitro benzene ring substituents is 1. The highest BCUT2D eigenvalue weighted by Gasteiger charge is 2.76. The van der Waals surface area contributed by atoms with Gasteiger partial charge in [0.15, 0.2) is 11.2 Å². The molecule has 9 nitrogen and oxygen atoms in total. The zero-order valence-corrected chi connectivity index (χ0v) is 21.3. The minimum atomic E-state index is -1.79. The van der Waals surface area contributed by atoms with Gasteiger partial charge in [-0.25, -0.2) is 4.79 Å². The van der Waals surface area contributed by atoms with Gasteiger partial charge in [0.1, 0.15) is 19.0 Å². The number of carbonyl (C=O) groups is 4. The number of nitrogens with zero attached hydrogens (tertiary/aromatic N) is 1. The van der Waals surface area contributed by atoms with Crippen LogP contribution < -0.4 is 0 Å². The van der Waals surface area contributed by atoms with Crippen LogP contribution in [0.3, 0.4) is 0 Å². The first-order valence-corrected chi connectivity index (χ1v) is 12.7. The molecule has 2 bridgehead atoms. The topological polar surface area (TPSA) is 130 Å². The van der Waals surface area contributed by atoms with Gasteiger partial charge in [-0.1, -0.05) is 44.7 Å². The molecular formula is C29H29NO8. The Bertz CT molecular complexity index is 1330. The van der Waals surface area contributed by atoms with Crippen molar-refractivity contribution in [1.82, 2.24) is 0 Å². The molecule has 1 aliphatic heterocycles. The Morgan fingerprint density at radius 2 is 2.03 bits per heavy atom. The lowest BCUT2D eigenvalue weighted by Crippen LogP contribution is -2.66. The number of carbonyl (C=O) groups excluding carboxylic acids is 4. The van der Waals surface area contributed by atoms with E-state index in [1.54, 1.807) is 6.07 Å². The van der Waals surface area contributed by atoms with E-state index in [1.807, 2.05) is 26.0 Å². The van der Waals surface area contributed by atoms with Crippen molar-refractivity contribution in [2.75, 3.05) is 6.61 Å². The molecule has 198 valence electrons. The van der Waals surface area contributed by atoms with Crippen LogP contribution >= 0.6 is 0 Å². The number of aldehydes is 1. The summed E-state index contributed by atoms with van der Waals surface area (Å²) in [6, 6.07) is 5.74. The molecule has 0 radical (unpaired) electrons. The summed E-state index contributed by atoms with van der Waals surface area (Å²) < 4.78 is 11.5. The molecule has 3 fully saturated rings. The number of rotatable bonds is 5. The molecule has 1 aromatic carbocycles. The molecule has 0 amide bonds. The molecular weight excluding hydrogens is 490 g/mol.